The van der Waals surface area contributed by atoms with Gasteiger partial charge in [0.2, 0.25) is 0 Å². The molecule has 2 aromatic heterocycles. The highest BCUT2D eigenvalue weighted by atomic mass is 19.1. The second-order valence-electron chi connectivity index (χ2n) is 11.2. The van der Waals surface area contributed by atoms with Crippen LogP contribution in [0.4, 0.5) is 8.78 Å². The topological polar surface area (TPSA) is 111 Å². The summed E-state index contributed by atoms with van der Waals surface area (Å²) < 4.78 is 41.8. The van der Waals surface area contributed by atoms with Gasteiger partial charge in [0, 0.05) is 54.3 Å². The van der Waals surface area contributed by atoms with E-state index in [0.29, 0.717) is 43.8 Å². The highest BCUT2D eigenvalue weighted by molar-refractivity contribution is 5.80. The fourth-order valence-corrected chi connectivity index (χ4v) is 5.82. The molecule has 0 atom stereocenters. The van der Waals surface area contributed by atoms with E-state index in [1.807, 2.05) is 13.8 Å². The summed E-state index contributed by atoms with van der Waals surface area (Å²) in [5, 5.41) is 11.7. The second-order valence-corrected chi connectivity index (χ2v) is 11.2. The van der Waals surface area contributed by atoms with E-state index in [0.717, 1.165) is 67.4 Å². The van der Waals surface area contributed by atoms with Crippen molar-refractivity contribution in [2.24, 2.45) is 0 Å². The quantitative estimate of drug-likeness (QED) is 0.216. The molecule has 2 aromatic carbocycles. The maximum absolute atomic E-state index is 13.2. The minimum absolute atomic E-state index is 0.177. The zero-order chi connectivity index (χ0) is 31.1. The first-order chi connectivity index (χ1) is 21.3. The Morgan fingerprint density at radius 1 is 0.818 bits per heavy atom. The Morgan fingerprint density at radius 2 is 1.34 bits per heavy atom. The minimum Gasteiger partial charge on any atom is -0.465 e. The Kier molecular flexibility index (Phi) is 10.5. The summed E-state index contributed by atoms with van der Waals surface area (Å²) in [7, 11) is 0. The van der Waals surface area contributed by atoms with E-state index in [1.165, 1.54) is 24.3 Å². The van der Waals surface area contributed by atoms with Crippen LogP contribution >= 0.6 is 0 Å². The van der Waals surface area contributed by atoms with Gasteiger partial charge in [0.05, 0.1) is 24.5 Å². The maximum atomic E-state index is 13.2. The van der Waals surface area contributed by atoms with Crippen molar-refractivity contribution in [1.82, 2.24) is 20.3 Å². The van der Waals surface area contributed by atoms with Crippen LogP contribution < -0.4 is 0 Å². The van der Waals surface area contributed by atoms with E-state index in [2.05, 4.69) is 15.2 Å². The van der Waals surface area contributed by atoms with Gasteiger partial charge >= 0.3 is 11.9 Å². The fourth-order valence-electron chi connectivity index (χ4n) is 5.82. The largest absolute Gasteiger partial charge is 0.465 e. The number of halogens is 2. The summed E-state index contributed by atoms with van der Waals surface area (Å²) in [6.45, 7) is 7.50. The summed E-state index contributed by atoms with van der Waals surface area (Å²) in [4.78, 5) is 30.4. The molecule has 6 rings (SSSR count). The summed E-state index contributed by atoms with van der Waals surface area (Å²) in [6.07, 6.45) is 4.70. The zero-order valence-corrected chi connectivity index (χ0v) is 25.1. The fraction of sp³-hybridized carbons (Fsp3) is 0.500. The molecule has 2 saturated heterocycles. The van der Waals surface area contributed by atoms with E-state index < -0.39 is 0 Å². The minimum atomic E-state index is -0.326. The van der Waals surface area contributed by atoms with E-state index in [1.54, 1.807) is 17.2 Å². The van der Waals surface area contributed by atoms with Crippen molar-refractivity contribution < 1.29 is 37.0 Å². The van der Waals surface area contributed by atoms with Gasteiger partial charge < -0.3 is 18.6 Å². The molecule has 2 fully saturated rings. The van der Waals surface area contributed by atoms with Crippen LogP contribution in [0.15, 0.2) is 45.4 Å². The van der Waals surface area contributed by atoms with Gasteiger partial charge in [0.15, 0.2) is 11.2 Å². The first-order valence-electron chi connectivity index (χ1n) is 15.3. The number of fused-ring (bicyclic) bond motifs is 2. The predicted molar refractivity (Wildman–Crippen MR) is 158 cm³/mol. The number of benzene rings is 2. The lowest BCUT2D eigenvalue weighted by Crippen LogP contribution is -2.37. The van der Waals surface area contributed by atoms with E-state index in [-0.39, 0.29) is 35.4 Å². The molecule has 0 aliphatic carbocycles. The summed E-state index contributed by atoms with van der Waals surface area (Å²) in [5.41, 5.74) is 2.73. The van der Waals surface area contributed by atoms with Crippen LogP contribution in [-0.4, -0.2) is 71.5 Å². The van der Waals surface area contributed by atoms with Gasteiger partial charge in [0.25, 0.3) is 0 Å². The molecule has 4 heterocycles. The summed E-state index contributed by atoms with van der Waals surface area (Å²) in [5.74, 6) is -0.475. The SMILES string of the molecule is CCCC(=O)ON1CCC(c2noc3cc(F)ccc23)CC1.CCOC(=O)CN1CCC(c2noc3cc(F)ccc23)CC1. The van der Waals surface area contributed by atoms with E-state index >= 15 is 0 Å². The third kappa shape index (κ3) is 7.78. The van der Waals surface area contributed by atoms with Gasteiger partial charge in [-0.15, -0.1) is 5.06 Å². The number of carbonyl (C=O) groups is 2. The molecule has 4 aromatic rings. The highest BCUT2D eigenvalue weighted by Gasteiger charge is 2.28. The van der Waals surface area contributed by atoms with Crippen molar-refractivity contribution in [1.29, 1.82) is 0 Å². The van der Waals surface area contributed by atoms with Gasteiger partial charge in [-0.2, -0.15) is 0 Å². The van der Waals surface area contributed by atoms with Crippen LogP contribution in [-0.2, 0) is 19.2 Å². The first kappa shape index (κ1) is 31.5. The molecule has 44 heavy (non-hydrogen) atoms. The summed E-state index contributed by atoms with van der Waals surface area (Å²) >= 11 is 0. The van der Waals surface area contributed by atoms with Crippen LogP contribution in [0.1, 0.15) is 75.6 Å². The summed E-state index contributed by atoms with van der Waals surface area (Å²) in [6, 6.07) is 9.00. The van der Waals surface area contributed by atoms with Crippen molar-refractivity contribution >= 4 is 33.9 Å². The van der Waals surface area contributed by atoms with Gasteiger partial charge in [-0.1, -0.05) is 17.2 Å². The van der Waals surface area contributed by atoms with Crippen molar-refractivity contribution in [3.8, 4) is 0 Å². The Balaban J connectivity index is 0.000000175. The van der Waals surface area contributed by atoms with Gasteiger partial charge in [-0.05, 0) is 76.4 Å². The third-order valence-corrected chi connectivity index (χ3v) is 8.08. The number of rotatable bonds is 8. The number of hydrogen-bond donors (Lipinski definition) is 0. The average molecular weight is 613 g/mol. The van der Waals surface area contributed by atoms with Crippen molar-refractivity contribution in [2.45, 2.75) is 64.2 Å². The van der Waals surface area contributed by atoms with E-state index in [4.69, 9.17) is 18.6 Å². The normalized spacial score (nSPS) is 17.0. The Labute approximate surface area is 254 Å². The lowest BCUT2D eigenvalue weighted by atomic mass is 9.91. The first-order valence-corrected chi connectivity index (χ1v) is 15.3. The van der Waals surface area contributed by atoms with Crippen LogP contribution in [0, 0.1) is 11.6 Å². The molecule has 2 aliphatic rings. The lowest BCUT2D eigenvalue weighted by Gasteiger charge is -2.30. The third-order valence-electron chi connectivity index (χ3n) is 8.08. The Bertz CT molecular complexity index is 1440. The zero-order valence-electron chi connectivity index (χ0n) is 25.1. The van der Waals surface area contributed by atoms with E-state index in [9.17, 15) is 18.4 Å². The molecule has 236 valence electrons. The molecule has 2 aliphatic heterocycles. The predicted octanol–water partition coefficient (Wildman–Crippen LogP) is 6.11. The number of nitrogens with zero attached hydrogens (tertiary/aromatic N) is 4. The number of piperidine rings is 2. The Morgan fingerprint density at radius 3 is 1.84 bits per heavy atom. The van der Waals surface area contributed by atoms with Crippen molar-refractivity contribution in [3.05, 3.63) is 59.4 Å². The molecule has 0 saturated carbocycles. The maximum Gasteiger partial charge on any atom is 0.325 e. The van der Waals surface area contributed by atoms with Gasteiger partial charge in [-0.25, -0.2) is 8.78 Å². The van der Waals surface area contributed by atoms with Crippen LogP contribution in [0.5, 0.6) is 0 Å². The number of aromatic nitrogens is 2. The number of ether oxygens (including phenoxy) is 1. The van der Waals surface area contributed by atoms with Crippen LogP contribution in [0.3, 0.4) is 0 Å². The van der Waals surface area contributed by atoms with Gasteiger partial charge in [0.1, 0.15) is 11.6 Å². The smallest absolute Gasteiger partial charge is 0.325 e. The molecule has 0 bridgehead atoms. The van der Waals surface area contributed by atoms with Gasteiger partial charge in [-0.3, -0.25) is 14.5 Å². The molecule has 12 heteroatoms. The number of likely N-dealkylation sites (tertiary alicyclic amines) is 1. The highest BCUT2D eigenvalue weighted by Crippen LogP contribution is 2.34. The van der Waals surface area contributed by atoms with Crippen LogP contribution in [0.25, 0.3) is 21.9 Å². The molecular weight excluding hydrogens is 574 g/mol. The standard InChI is InChI=1S/2C16H19FN2O3/c1-2-21-15(20)10-19-7-5-11(6-8-19)16-13-4-3-12(17)9-14(13)22-18-16;1-2-3-15(20)22-19-8-6-11(7-9-19)16-13-5-4-12(17)10-14(13)21-18-16/h3-4,9,11H,2,5-8,10H2,1H3;4-5,10-11H,2-3,6-9H2,1H3. The number of hydrogen-bond acceptors (Lipinski definition) is 10. The number of esters is 1. The van der Waals surface area contributed by atoms with Crippen molar-refractivity contribution in [2.75, 3.05) is 39.3 Å². The molecule has 0 unspecified atom stereocenters. The van der Waals surface area contributed by atoms with Crippen LogP contribution in [0.2, 0.25) is 0 Å². The molecule has 0 N–H and O–H groups in total. The molecule has 0 spiro atoms. The second kappa shape index (κ2) is 14.7. The average Bonchev–Trinajstić information content (AvgIpc) is 3.62. The van der Waals surface area contributed by atoms with Crippen molar-refractivity contribution in [3.63, 3.8) is 0 Å². The molecule has 0 radical (unpaired) electrons. The monoisotopic (exact) mass is 612 g/mol. The molecule has 0 amide bonds. The lowest BCUT2D eigenvalue weighted by molar-refractivity contribution is -0.195. The Hall–Kier alpha value is -3.90. The number of carbonyl (C=O) groups excluding carboxylic acids is 2. The molecular formula is C32H38F2N4O6. The number of hydroxylamine groups is 2. The molecule has 10 nitrogen and oxygen atoms in total.